The van der Waals surface area contributed by atoms with Crippen molar-refractivity contribution in [1.82, 2.24) is 5.32 Å². The van der Waals surface area contributed by atoms with Crippen LogP contribution in [0.2, 0.25) is 0 Å². The fraction of sp³-hybridized carbons (Fsp3) is 0.231. The summed E-state index contributed by atoms with van der Waals surface area (Å²) in [6.45, 7) is 0. The summed E-state index contributed by atoms with van der Waals surface area (Å²) in [5.74, 6) is 1.27. The molecule has 5 heteroatoms. The van der Waals surface area contributed by atoms with E-state index in [4.69, 9.17) is 10.5 Å². The fourth-order valence-electron chi connectivity index (χ4n) is 4.06. The van der Waals surface area contributed by atoms with Crippen LogP contribution >= 0.6 is 0 Å². The third-order valence-electron chi connectivity index (χ3n) is 5.82. The van der Waals surface area contributed by atoms with Crippen molar-refractivity contribution >= 4 is 11.8 Å². The molecule has 2 amide bonds. The predicted molar refractivity (Wildman–Crippen MR) is 120 cm³/mol. The van der Waals surface area contributed by atoms with Crippen molar-refractivity contribution in [3.8, 4) is 11.5 Å². The van der Waals surface area contributed by atoms with E-state index in [2.05, 4.69) is 29.6 Å². The maximum absolute atomic E-state index is 12.6. The van der Waals surface area contributed by atoms with Gasteiger partial charge in [0.1, 0.15) is 11.5 Å². The van der Waals surface area contributed by atoms with E-state index in [0.717, 1.165) is 25.7 Å². The van der Waals surface area contributed by atoms with E-state index in [1.165, 1.54) is 5.56 Å². The lowest BCUT2D eigenvalue weighted by atomic mass is 9.82. The number of carbonyl (C=O) groups is 2. The minimum Gasteiger partial charge on any atom is -0.457 e. The molecule has 3 aromatic rings. The van der Waals surface area contributed by atoms with Crippen molar-refractivity contribution in [1.29, 1.82) is 0 Å². The third kappa shape index (κ3) is 5.31. The number of hydrogen-bond donors (Lipinski definition) is 2. The number of primary amides is 1. The summed E-state index contributed by atoms with van der Waals surface area (Å²) >= 11 is 0. The standard InChI is InChI=1S/C26H26N2O3/c27-25(29)20-8-14-23(15-9-20)31-24-16-10-21(11-17-24)26(30)28-22-12-6-19(7-13-22)18-4-2-1-3-5-18/h1-5,8-11,14-17,19,22H,6-7,12-13H2,(H2,27,29)(H,28,30). The van der Waals surface area contributed by atoms with Crippen LogP contribution in [0.5, 0.6) is 11.5 Å². The van der Waals surface area contributed by atoms with Gasteiger partial charge in [0, 0.05) is 17.2 Å². The number of ether oxygens (including phenoxy) is 1. The van der Waals surface area contributed by atoms with Crippen LogP contribution in [0.3, 0.4) is 0 Å². The minimum absolute atomic E-state index is 0.0551. The van der Waals surface area contributed by atoms with Gasteiger partial charge >= 0.3 is 0 Å². The first-order valence-electron chi connectivity index (χ1n) is 10.6. The van der Waals surface area contributed by atoms with Crippen LogP contribution in [0, 0.1) is 0 Å². The lowest BCUT2D eigenvalue weighted by Crippen LogP contribution is -2.37. The number of nitrogens with one attached hydrogen (secondary N) is 1. The van der Waals surface area contributed by atoms with Crippen LogP contribution in [0.1, 0.15) is 57.9 Å². The lowest BCUT2D eigenvalue weighted by molar-refractivity contribution is 0.0925. The molecule has 1 aliphatic carbocycles. The second-order valence-electron chi connectivity index (χ2n) is 7.95. The van der Waals surface area contributed by atoms with Gasteiger partial charge < -0.3 is 15.8 Å². The Labute approximate surface area is 182 Å². The summed E-state index contributed by atoms with van der Waals surface area (Å²) in [6.07, 6.45) is 4.17. The van der Waals surface area contributed by atoms with Gasteiger partial charge in [-0.15, -0.1) is 0 Å². The second-order valence-corrected chi connectivity index (χ2v) is 7.95. The average molecular weight is 415 g/mol. The monoisotopic (exact) mass is 414 g/mol. The fourth-order valence-corrected chi connectivity index (χ4v) is 4.06. The molecule has 0 aliphatic heterocycles. The van der Waals surface area contributed by atoms with Crippen molar-refractivity contribution < 1.29 is 14.3 Å². The molecule has 0 spiro atoms. The number of rotatable bonds is 6. The van der Waals surface area contributed by atoms with E-state index in [1.54, 1.807) is 48.5 Å². The number of benzene rings is 3. The Hall–Kier alpha value is -3.60. The van der Waals surface area contributed by atoms with Crippen LogP contribution in [-0.4, -0.2) is 17.9 Å². The summed E-state index contributed by atoms with van der Waals surface area (Å²) in [4.78, 5) is 23.8. The Morgan fingerprint density at radius 2 is 1.29 bits per heavy atom. The van der Waals surface area contributed by atoms with Crippen molar-refractivity contribution in [3.63, 3.8) is 0 Å². The van der Waals surface area contributed by atoms with E-state index in [9.17, 15) is 9.59 Å². The third-order valence-corrected chi connectivity index (χ3v) is 5.82. The maximum atomic E-state index is 12.6. The van der Waals surface area contributed by atoms with Gasteiger partial charge in [0.15, 0.2) is 0 Å². The Kier molecular flexibility index (Phi) is 6.32. The first-order valence-corrected chi connectivity index (χ1v) is 10.6. The highest BCUT2D eigenvalue weighted by atomic mass is 16.5. The molecule has 158 valence electrons. The summed E-state index contributed by atoms with van der Waals surface area (Å²) in [6, 6.07) is 24.5. The number of amides is 2. The second kappa shape index (κ2) is 9.47. The number of hydrogen-bond acceptors (Lipinski definition) is 3. The summed E-state index contributed by atoms with van der Waals surface area (Å²) in [7, 11) is 0. The smallest absolute Gasteiger partial charge is 0.251 e. The highest BCUT2D eigenvalue weighted by Crippen LogP contribution is 2.32. The van der Waals surface area contributed by atoms with Crippen molar-refractivity contribution in [2.75, 3.05) is 0 Å². The van der Waals surface area contributed by atoms with Crippen molar-refractivity contribution in [2.24, 2.45) is 5.73 Å². The molecule has 5 nitrogen and oxygen atoms in total. The minimum atomic E-state index is -0.476. The molecule has 1 fully saturated rings. The molecule has 1 aliphatic rings. The van der Waals surface area contributed by atoms with Gasteiger partial charge in [-0.1, -0.05) is 30.3 Å². The van der Waals surface area contributed by atoms with Crippen LogP contribution in [-0.2, 0) is 0 Å². The molecule has 0 atom stereocenters. The van der Waals surface area contributed by atoms with Gasteiger partial charge in [-0.2, -0.15) is 0 Å². The van der Waals surface area contributed by atoms with E-state index in [0.29, 0.717) is 28.5 Å². The van der Waals surface area contributed by atoms with Crippen LogP contribution in [0.25, 0.3) is 0 Å². The predicted octanol–water partition coefficient (Wildman–Crippen LogP) is 5.03. The average Bonchev–Trinajstić information content (AvgIpc) is 2.81. The summed E-state index contributed by atoms with van der Waals surface area (Å²) < 4.78 is 5.77. The molecule has 0 saturated heterocycles. The van der Waals surface area contributed by atoms with Crippen molar-refractivity contribution in [3.05, 3.63) is 95.6 Å². The van der Waals surface area contributed by atoms with Crippen molar-refractivity contribution in [2.45, 2.75) is 37.6 Å². The molecule has 0 unspecified atom stereocenters. The van der Waals surface area contributed by atoms with Crippen LogP contribution in [0.15, 0.2) is 78.9 Å². The van der Waals surface area contributed by atoms with Crippen LogP contribution in [0.4, 0.5) is 0 Å². The highest BCUT2D eigenvalue weighted by Gasteiger charge is 2.23. The Bertz CT molecular complexity index is 1020. The zero-order valence-corrected chi connectivity index (χ0v) is 17.3. The molecule has 0 aromatic heterocycles. The zero-order chi connectivity index (χ0) is 21.6. The van der Waals surface area contributed by atoms with E-state index in [1.807, 2.05) is 6.07 Å². The Balaban J connectivity index is 1.29. The Morgan fingerprint density at radius 1 is 0.742 bits per heavy atom. The number of carbonyl (C=O) groups excluding carboxylic acids is 2. The molecule has 31 heavy (non-hydrogen) atoms. The van der Waals surface area contributed by atoms with E-state index < -0.39 is 5.91 Å². The Morgan fingerprint density at radius 3 is 1.84 bits per heavy atom. The summed E-state index contributed by atoms with van der Waals surface area (Å²) in [5, 5.41) is 3.17. The first kappa shape index (κ1) is 20.7. The molecule has 0 radical (unpaired) electrons. The normalized spacial score (nSPS) is 18.2. The molecule has 0 bridgehead atoms. The quantitative estimate of drug-likeness (QED) is 0.593. The van der Waals surface area contributed by atoms with Crippen LogP contribution < -0.4 is 15.8 Å². The van der Waals surface area contributed by atoms with Gasteiger partial charge in [-0.25, -0.2) is 0 Å². The number of nitrogens with two attached hydrogens (primary N) is 1. The molecule has 3 aromatic carbocycles. The van der Waals surface area contributed by atoms with Gasteiger partial charge in [-0.05, 0) is 85.7 Å². The van der Waals surface area contributed by atoms with Gasteiger partial charge in [-0.3, -0.25) is 9.59 Å². The zero-order valence-electron chi connectivity index (χ0n) is 17.3. The highest BCUT2D eigenvalue weighted by molar-refractivity contribution is 5.94. The first-order chi connectivity index (χ1) is 15.1. The topological polar surface area (TPSA) is 81.4 Å². The SMILES string of the molecule is NC(=O)c1ccc(Oc2ccc(C(=O)NC3CCC(c4ccccc4)CC3)cc2)cc1. The van der Waals surface area contributed by atoms with E-state index in [-0.39, 0.29) is 11.9 Å². The molecular formula is C26H26N2O3. The maximum Gasteiger partial charge on any atom is 0.251 e. The van der Waals surface area contributed by atoms with E-state index >= 15 is 0 Å². The molecule has 4 rings (SSSR count). The molecule has 3 N–H and O–H groups in total. The molecule has 0 heterocycles. The molecular weight excluding hydrogens is 388 g/mol. The van der Waals surface area contributed by atoms with Gasteiger partial charge in [0.2, 0.25) is 5.91 Å². The summed E-state index contributed by atoms with van der Waals surface area (Å²) in [5.41, 5.74) is 7.68. The molecule has 1 saturated carbocycles. The largest absolute Gasteiger partial charge is 0.457 e. The van der Waals surface area contributed by atoms with Gasteiger partial charge in [0.25, 0.3) is 5.91 Å². The lowest BCUT2D eigenvalue weighted by Gasteiger charge is -2.29. The van der Waals surface area contributed by atoms with Gasteiger partial charge in [0.05, 0.1) is 0 Å².